The molecule has 0 spiro atoms. The molecule has 3 N–H and O–H groups in total. The number of hydrogen-bond donors (Lipinski definition) is 2. The van der Waals surface area contributed by atoms with Crippen molar-refractivity contribution in [2.24, 2.45) is 17.1 Å². The summed E-state index contributed by atoms with van der Waals surface area (Å²) < 4.78 is 5.41. The van der Waals surface area contributed by atoms with Crippen LogP contribution in [0.4, 0.5) is 0 Å². The molecule has 2 rings (SSSR count). The van der Waals surface area contributed by atoms with E-state index in [-0.39, 0.29) is 29.5 Å². The first-order chi connectivity index (χ1) is 9.45. The van der Waals surface area contributed by atoms with E-state index in [1.165, 1.54) is 32.1 Å². The predicted octanol–water partition coefficient (Wildman–Crippen LogP) is 2.21. The zero-order chi connectivity index (χ0) is 14.8. The largest absolute Gasteiger partial charge is 0.381 e. The minimum atomic E-state index is -0.351. The van der Waals surface area contributed by atoms with Gasteiger partial charge in [-0.3, -0.25) is 4.79 Å². The average molecular weight is 282 g/mol. The molecule has 1 amide bonds. The molecule has 2 aliphatic carbocycles. The van der Waals surface area contributed by atoms with Crippen molar-refractivity contribution >= 4 is 5.91 Å². The minimum absolute atomic E-state index is 0.00890. The van der Waals surface area contributed by atoms with Crippen LogP contribution in [0.25, 0.3) is 0 Å². The van der Waals surface area contributed by atoms with Crippen molar-refractivity contribution in [1.29, 1.82) is 0 Å². The van der Waals surface area contributed by atoms with E-state index in [1.807, 2.05) is 0 Å². The van der Waals surface area contributed by atoms with Gasteiger partial charge in [0.25, 0.3) is 0 Å². The molecule has 2 fully saturated rings. The third kappa shape index (κ3) is 3.34. The van der Waals surface area contributed by atoms with E-state index in [0.717, 1.165) is 12.8 Å². The highest BCUT2D eigenvalue weighted by molar-refractivity contribution is 5.82. The zero-order valence-corrected chi connectivity index (χ0v) is 13.2. The normalized spacial score (nSPS) is 31.4. The number of hydrogen-bond acceptors (Lipinski definition) is 3. The van der Waals surface area contributed by atoms with Crippen LogP contribution < -0.4 is 11.1 Å². The summed E-state index contributed by atoms with van der Waals surface area (Å²) in [6.45, 7) is 4.28. The monoisotopic (exact) mass is 282 g/mol. The molecule has 20 heavy (non-hydrogen) atoms. The summed E-state index contributed by atoms with van der Waals surface area (Å²) in [5.41, 5.74) is 6.10. The smallest absolute Gasteiger partial charge is 0.237 e. The molecular formula is C16H30N2O2. The zero-order valence-electron chi connectivity index (χ0n) is 13.2. The number of ether oxygens (including phenoxy) is 1. The summed E-state index contributed by atoms with van der Waals surface area (Å²) in [4.78, 5) is 12.2. The molecule has 0 bridgehead atoms. The van der Waals surface area contributed by atoms with E-state index in [9.17, 15) is 4.79 Å². The van der Waals surface area contributed by atoms with Gasteiger partial charge in [-0.1, -0.05) is 46.0 Å². The molecule has 0 aromatic rings. The first kappa shape index (κ1) is 15.8. The lowest BCUT2D eigenvalue weighted by Crippen LogP contribution is -2.63. The van der Waals surface area contributed by atoms with E-state index in [2.05, 4.69) is 19.2 Å². The van der Waals surface area contributed by atoms with E-state index in [1.54, 1.807) is 7.11 Å². The molecular weight excluding hydrogens is 252 g/mol. The molecule has 0 aromatic carbocycles. The first-order valence-electron chi connectivity index (χ1n) is 8.04. The van der Waals surface area contributed by atoms with Gasteiger partial charge in [-0.2, -0.15) is 0 Å². The number of carbonyl (C=O) groups excluding carboxylic acids is 1. The molecule has 0 aromatic heterocycles. The molecule has 0 radical (unpaired) electrons. The molecule has 0 heterocycles. The Morgan fingerprint density at radius 3 is 2.55 bits per heavy atom. The SMILES string of the molecule is COC1CC(NC(=O)C(N)CC2CCCCC2)C1(C)C. The van der Waals surface area contributed by atoms with Crippen LogP contribution in [0, 0.1) is 11.3 Å². The maximum Gasteiger partial charge on any atom is 0.237 e. The lowest BCUT2D eigenvalue weighted by molar-refractivity contribution is -0.134. The van der Waals surface area contributed by atoms with E-state index >= 15 is 0 Å². The molecule has 0 aliphatic heterocycles. The molecule has 0 saturated heterocycles. The number of amides is 1. The van der Waals surface area contributed by atoms with Crippen molar-refractivity contribution in [2.45, 2.75) is 77.0 Å². The number of rotatable bonds is 5. The fourth-order valence-electron chi connectivity index (χ4n) is 3.70. The lowest BCUT2D eigenvalue weighted by atomic mass is 9.64. The van der Waals surface area contributed by atoms with E-state index in [0.29, 0.717) is 5.92 Å². The Hall–Kier alpha value is -0.610. The van der Waals surface area contributed by atoms with Crippen molar-refractivity contribution in [1.82, 2.24) is 5.32 Å². The van der Waals surface area contributed by atoms with Gasteiger partial charge in [-0.05, 0) is 18.8 Å². The number of nitrogens with two attached hydrogens (primary N) is 1. The van der Waals surface area contributed by atoms with Gasteiger partial charge >= 0.3 is 0 Å². The Bertz CT molecular complexity index is 337. The Morgan fingerprint density at radius 2 is 2.00 bits per heavy atom. The second kappa shape index (κ2) is 6.44. The van der Waals surface area contributed by atoms with Crippen LogP contribution >= 0.6 is 0 Å². The topological polar surface area (TPSA) is 64.3 Å². The lowest BCUT2D eigenvalue weighted by Gasteiger charge is -2.51. The molecule has 116 valence electrons. The number of methoxy groups -OCH3 is 1. The van der Waals surface area contributed by atoms with Gasteiger partial charge in [0.2, 0.25) is 5.91 Å². The van der Waals surface area contributed by atoms with Crippen molar-refractivity contribution in [2.75, 3.05) is 7.11 Å². The predicted molar refractivity (Wildman–Crippen MR) is 80.3 cm³/mol. The van der Waals surface area contributed by atoms with Gasteiger partial charge in [0.15, 0.2) is 0 Å². The summed E-state index contributed by atoms with van der Waals surface area (Å²) in [5.74, 6) is 0.661. The Balaban J connectivity index is 1.77. The third-order valence-electron chi connectivity index (χ3n) is 5.43. The van der Waals surface area contributed by atoms with Gasteiger partial charge in [0, 0.05) is 18.6 Å². The van der Waals surface area contributed by atoms with Crippen molar-refractivity contribution in [3.63, 3.8) is 0 Å². The fourth-order valence-corrected chi connectivity index (χ4v) is 3.70. The molecule has 3 unspecified atom stereocenters. The molecule has 2 saturated carbocycles. The maximum atomic E-state index is 12.2. The second-order valence-electron chi connectivity index (χ2n) is 7.19. The van der Waals surface area contributed by atoms with Crippen LogP contribution in [0.3, 0.4) is 0 Å². The molecule has 4 heteroatoms. The van der Waals surface area contributed by atoms with Gasteiger partial charge in [-0.15, -0.1) is 0 Å². The van der Waals surface area contributed by atoms with Crippen LogP contribution in [0.1, 0.15) is 58.8 Å². The summed E-state index contributed by atoms with van der Waals surface area (Å²) in [5, 5.41) is 3.12. The summed E-state index contributed by atoms with van der Waals surface area (Å²) in [7, 11) is 1.74. The highest BCUT2D eigenvalue weighted by atomic mass is 16.5. The van der Waals surface area contributed by atoms with Crippen molar-refractivity contribution < 1.29 is 9.53 Å². The standard InChI is InChI=1S/C16H30N2O2/c1-16(2)13(10-14(16)20-3)18-15(19)12(17)9-11-7-5-4-6-8-11/h11-14H,4-10,17H2,1-3H3,(H,18,19). The van der Waals surface area contributed by atoms with Crippen LogP contribution in [0.2, 0.25) is 0 Å². The second-order valence-corrected chi connectivity index (χ2v) is 7.19. The van der Waals surface area contributed by atoms with Gasteiger partial charge in [0.05, 0.1) is 12.1 Å². The van der Waals surface area contributed by atoms with Crippen molar-refractivity contribution in [3.05, 3.63) is 0 Å². The van der Waals surface area contributed by atoms with Crippen LogP contribution in [-0.4, -0.2) is 31.2 Å². The Kier molecular flexibility index (Phi) is 5.08. The Labute approximate surface area is 122 Å². The van der Waals surface area contributed by atoms with Crippen LogP contribution in [-0.2, 0) is 9.53 Å². The maximum absolute atomic E-state index is 12.2. The highest BCUT2D eigenvalue weighted by Crippen LogP contribution is 2.42. The minimum Gasteiger partial charge on any atom is -0.381 e. The molecule has 4 nitrogen and oxygen atoms in total. The summed E-state index contributed by atoms with van der Waals surface area (Å²) >= 11 is 0. The van der Waals surface area contributed by atoms with Crippen LogP contribution in [0.15, 0.2) is 0 Å². The third-order valence-corrected chi connectivity index (χ3v) is 5.43. The fraction of sp³-hybridized carbons (Fsp3) is 0.938. The molecule has 3 atom stereocenters. The number of carbonyl (C=O) groups is 1. The Morgan fingerprint density at radius 1 is 1.35 bits per heavy atom. The molecule has 2 aliphatic rings. The number of nitrogens with one attached hydrogen (secondary N) is 1. The van der Waals surface area contributed by atoms with Crippen molar-refractivity contribution in [3.8, 4) is 0 Å². The summed E-state index contributed by atoms with van der Waals surface area (Å²) in [6, 6.07) is -0.159. The van der Waals surface area contributed by atoms with Gasteiger partial charge in [0.1, 0.15) is 0 Å². The van der Waals surface area contributed by atoms with Crippen LogP contribution in [0.5, 0.6) is 0 Å². The highest BCUT2D eigenvalue weighted by Gasteiger charge is 2.49. The average Bonchev–Trinajstić information content (AvgIpc) is 2.43. The van der Waals surface area contributed by atoms with E-state index < -0.39 is 0 Å². The quantitative estimate of drug-likeness (QED) is 0.812. The first-order valence-corrected chi connectivity index (χ1v) is 8.04. The van der Waals surface area contributed by atoms with Gasteiger partial charge in [-0.25, -0.2) is 0 Å². The van der Waals surface area contributed by atoms with E-state index in [4.69, 9.17) is 10.5 Å². The summed E-state index contributed by atoms with van der Waals surface area (Å²) in [6.07, 6.45) is 8.38. The van der Waals surface area contributed by atoms with Gasteiger partial charge < -0.3 is 15.8 Å².